The first kappa shape index (κ1) is 13.9. The summed E-state index contributed by atoms with van der Waals surface area (Å²) in [6, 6.07) is 4.03. The van der Waals surface area contributed by atoms with Gasteiger partial charge in [-0.3, -0.25) is 10.1 Å². The van der Waals surface area contributed by atoms with Crippen molar-refractivity contribution in [2.75, 3.05) is 7.11 Å². The molecule has 0 bridgehead atoms. The van der Waals surface area contributed by atoms with Crippen molar-refractivity contribution >= 4 is 5.69 Å². The molecule has 0 aliphatic rings. The van der Waals surface area contributed by atoms with E-state index < -0.39 is 4.92 Å². The molecule has 0 amide bonds. The van der Waals surface area contributed by atoms with E-state index in [1.807, 2.05) is 6.92 Å². The number of aromatic nitrogens is 2. The monoisotopic (exact) mass is 278 g/mol. The molecule has 0 fully saturated rings. The minimum Gasteiger partial charge on any atom is -0.490 e. The molecule has 1 atom stereocenters. The number of nitrogens with two attached hydrogens (primary N) is 1. The van der Waals surface area contributed by atoms with E-state index in [0.717, 1.165) is 0 Å². The molecular formula is C12H14N4O4. The topological polar surface area (TPSA) is 117 Å². The van der Waals surface area contributed by atoms with E-state index in [9.17, 15) is 10.1 Å². The van der Waals surface area contributed by atoms with Crippen molar-refractivity contribution < 1.29 is 14.2 Å². The van der Waals surface area contributed by atoms with Crippen LogP contribution in [0.15, 0.2) is 22.7 Å². The largest absolute Gasteiger partial charge is 0.490 e. The smallest absolute Gasteiger partial charge is 0.310 e. The van der Waals surface area contributed by atoms with Gasteiger partial charge in [0, 0.05) is 17.7 Å². The highest BCUT2D eigenvalue weighted by molar-refractivity contribution is 5.61. The van der Waals surface area contributed by atoms with Gasteiger partial charge in [-0.2, -0.15) is 4.98 Å². The van der Waals surface area contributed by atoms with Crippen molar-refractivity contribution in [3.8, 4) is 17.2 Å². The van der Waals surface area contributed by atoms with Gasteiger partial charge in [0.15, 0.2) is 11.6 Å². The Balaban J connectivity index is 2.38. The van der Waals surface area contributed by atoms with Crippen LogP contribution in [-0.4, -0.2) is 22.2 Å². The molecule has 8 heteroatoms. The zero-order valence-corrected chi connectivity index (χ0v) is 11.1. The molecule has 2 aromatic rings. The Morgan fingerprint density at radius 2 is 2.30 bits per heavy atom. The van der Waals surface area contributed by atoms with Gasteiger partial charge in [-0.1, -0.05) is 12.1 Å². The van der Waals surface area contributed by atoms with Crippen molar-refractivity contribution in [1.29, 1.82) is 0 Å². The van der Waals surface area contributed by atoms with Crippen molar-refractivity contribution in [1.82, 2.24) is 10.1 Å². The van der Waals surface area contributed by atoms with Gasteiger partial charge in [0.25, 0.3) is 5.89 Å². The Labute approximate surface area is 114 Å². The quantitative estimate of drug-likeness (QED) is 0.656. The number of methoxy groups -OCH3 is 1. The number of nitro benzene ring substituents is 1. The normalized spacial score (nSPS) is 12.2. The molecule has 0 spiro atoms. The van der Waals surface area contributed by atoms with E-state index in [2.05, 4.69) is 10.1 Å². The molecule has 106 valence electrons. The highest BCUT2D eigenvalue weighted by Crippen LogP contribution is 2.31. The second-order valence-electron chi connectivity index (χ2n) is 4.12. The number of nitrogens with zero attached hydrogens (tertiary/aromatic N) is 3. The van der Waals surface area contributed by atoms with Crippen molar-refractivity contribution in [2.45, 2.75) is 19.4 Å². The fourth-order valence-corrected chi connectivity index (χ4v) is 1.65. The fraction of sp³-hybridized carbons (Fsp3) is 0.333. The average molecular weight is 278 g/mol. The number of ether oxygens (including phenoxy) is 1. The Hall–Kier alpha value is -2.48. The summed E-state index contributed by atoms with van der Waals surface area (Å²) in [4.78, 5) is 14.5. The predicted octanol–water partition coefficient (Wildman–Crippen LogP) is 2.06. The van der Waals surface area contributed by atoms with Crippen molar-refractivity contribution in [3.05, 3.63) is 34.1 Å². The molecule has 2 rings (SSSR count). The standard InChI is InChI=1S/C12H14N4O4/c1-3-8(13)11-14-12(20-15-11)7-4-5-9(16(17)18)10(6-7)19-2/h4-6,8H,3,13H2,1-2H3. The minimum absolute atomic E-state index is 0.124. The minimum atomic E-state index is -0.519. The molecule has 0 aliphatic heterocycles. The molecular weight excluding hydrogens is 264 g/mol. The number of nitro groups is 1. The lowest BCUT2D eigenvalue weighted by Gasteiger charge is -2.02. The lowest BCUT2D eigenvalue weighted by molar-refractivity contribution is -0.385. The molecule has 8 nitrogen and oxygen atoms in total. The summed E-state index contributed by atoms with van der Waals surface area (Å²) in [6.45, 7) is 1.91. The molecule has 1 aromatic heterocycles. The number of hydrogen-bond donors (Lipinski definition) is 1. The van der Waals surface area contributed by atoms with E-state index in [1.165, 1.54) is 25.3 Å². The third-order valence-electron chi connectivity index (χ3n) is 2.84. The summed E-state index contributed by atoms with van der Waals surface area (Å²) in [7, 11) is 1.36. The van der Waals surface area contributed by atoms with Crippen LogP contribution in [0.25, 0.3) is 11.5 Å². The lowest BCUT2D eigenvalue weighted by Crippen LogP contribution is -2.10. The maximum absolute atomic E-state index is 10.8. The van der Waals surface area contributed by atoms with Crippen LogP contribution in [0.2, 0.25) is 0 Å². The van der Waals surface area contributed by atoms with Gasteiger partial charge in [0.1, 0.15) is 0 Å². The Morgan fingerprint density at radius 1 is 1.55 bits per heavy atom. The molecule has 20 heavy (non-hydrogen) atoms. The molecule has 1 unspecified atom stereocenters. The van der Waals surface area contributed by atoms with E-state index in [4.69, 9.17) is 15.0 Å². The maximum atomic E-state index is 10.8. The molecule has 1 aromatic carbocycles. The van der Waals surface area contributed by atoms with Crippen LogP contribution in [0.5, 0.6) is 5.75 Å². The number of rotatable bonds is 5. The number of hydrogen-bond acceptors (Lipinski definition) is 7. The van der Waals surface area contributed by atoms with E-state index in [1.54, 1.807) is 0 Å². The van der Waals surface area contributed by atoms with Gasteiger partial charge in [-0.15, -0.1) is 0 Å². The number of benzene rings is 1. The third-order valence-corrected chi connectivity index (χ3v) is 2.84. The predicted molar refractivity (Wildman–Crippen MR) is 70.2 cm³/mol. The van der Waals surface area contributed by atoms with Gasteiger partial charge in [-0.25, -0.2) is 0 Å². The maximum Gasteiger partial charge on any atom is 0.310 e. The molecule has 0 aliphatic carbocycles. The molecule has 0 radical (unpaired) electrons. The second kappa shape index (κ2) is 5.66. The summed E-state index contributed by atoms with van der Waals surface area (Å²) in [6.07, 6.45) is 0.683. The fourth-order valence-electron chi connectivity index (χ4n) is 1.65. The summed E-state index contributed by atoms with van der Waals surface area (Å²) in [5.74, 6) is 0.781. The Bertz CT molecular complexity index is 626. The molecule has 0 saturated heterocycles. The summed E-state index contributed by atoms with van der Waals surface area (Å²) >= 11 is 0. The first-order valence-electron chi connectivity index (χ1n) is 5.98. The van der Waals surface area contributed by atoms with Crippen molar-refractivity contribution in [2.24, 2.45) is 5.73 Å². The first-order valence-corrected chi connectivity index (χ1v) is 5.98. The highest BCUT2D eigenvalue weighted by atomic mass is 16.6. The van der Waals surface area contributed by atoms with Crippen LogP contribution in [0.3, 0.4) is 0 Å². The van der Waals surface area contributed by atoms with Gasteiger partial charge in [0.05, 0.1) is 18.1 Å². The van der Waals surface area contributed by atoms with Crippen LogP contribution in [0.1, 0.15) is 25.2 Å². The molecule has 0 saturated carbocycles. The van der Waals surface area contributed by atoms with Gasteiger partial charge in [-0.05, 0) is 12.5 Å². The summed E-state index contributed by atoms with van der Waals surface area (Å²) in [5, 5.41) is 14.6. The third kappa shape index (κ3) is 2.59. The SMILES string of the molecule is CCC(N)c1noc(-c2ccc([N+](=O)[O-])c(OC)c2)n1. The highest BCUT2D eigenvalue weighted by Gasteiger charge is 2.19. The van der Waals surface area contributed by atoms with Crippen molar-refractivity contribution in [3.63, 3.8) is 0 Å². The Kier molecular flexibility index (Phi) is 3.94. The Morgan fingerprint density at radius 3 is 2.90 bits per heavy atom. The summed E-state index contributed by atoms with van der Waals surface area (Å²) < 4.78 is 10.1. The van der Waals surface area contributed by atoms with Crippen LogP contribution < -0.4 is 10.5 Å². The van der Waals surface area contributed by atoms with Gasteiger partial charge >= 0.3 is 5.69 Å². The molecule has 1 heterocycles. The second-order valence-corrected chi connectivity index (χ2v) is 4.12. The van der Waals surface area contributed by atoms with Gasteiger partial charge in [0.2, 0.25) is 0 Å². The van der Waals surface area contributed by atoms with E-state index in [-0.39, 0.29) is 23.4 Å². The lowest BCUT2D eigenvalue weighted by atomic mass is 10.2. The summed E-state index contributed by atoms with van der Waals surface area (Å²) in [5.41, 5.74) is 6.22. The zero-order chi connectivity index (χ0) is 14.7. The molecule has 2 N–H and O–H groups in total. The van der Waals surface area contributed by atoms with Crippen LogP contribution >= 0.6 is 0 Å². The van der Waals surface area contributed by atoms with Crippen LogP contribution in [0.4, 0.5) is 5.69 Å². The van der Waals surface area contributed by atoms with Crippen LogP contribution in [0, 0.1) is 10.1 Å². The van der Waals surface area contributed by atoms with Crippen LogP contribution in [-0.2, 0) is 0 Å². The zero-order valence-electron chi connectivity index (χ0n) is 11.1. The van der Waals surface area contributed by atoms with E-state index in [0.29, 0.717) is 17.8 Å². The first-order chi connectivity index (χ1) is 9.56. The van der Waals surface area contributed by atoms with E-state index >= 15 is 0 Å². The van der Waals surface area contributed by atoms with Gasteiger partial charge < -0.3 is 15.0 Å². The average Bonchev–Trinajstić information content (AvgIpc) is 2.95.